The summed E-state index contributed by atoms with van der Waals surface area (Å²) >= 11 is 0. The molecular weight excluding hydrogens is 286 g/mol. The van der Waals surface area contributed by atoms with Crippen LogP contribution in [0.4, 0.5) is 0 Å². The van der Waals surface area contributed by atoms with E-state index in [1.54, 1.807) is 0 Å². The number of aliphatic hydroxyl groups is 1. The first-order chi connectivity index (χ1) is 10.9. The number of likely N-dealkylation sites (tertiary alicyclic amines) is 1. The average Bonchev–Trinajstić information content (AvgIpc) is 2.75. The average molecular weight is 324 g/mol. The standard InChI is InChI=1S/C20H37NO2/c1-19(2)16-8-10-20(19,3)18(14-16)23-13-9-17(22)15-21-11-6-4-5-7-12-21/h16-18,22H,4-15H2,1-3H3/t16-,17-,18-,20-/m0/s1. The maximum atomic E-state index is 10.3. The molecule has 2 aliphatic carbocycles. The summed E-state index contributed by atoms with van der Waals surface area (Å²) in [6.07, 6.45) is 10.2. The molecule has 1 saturated heterocycles. The van der Waals surface area contributed by atoms with E-state index < -0.39 is 0 Å². The highest BCUT2D eigenvalue weighted by atomic mass is 16.5. The summed E-state index contributed by atoms with van der Waals surface area (Å²) in [4.78, 5) is 2.44. The molecule has 0 spiro atoms. The Kier molecular flexibility index (Phi) is 5.40. The van der Waals surface area contributed by atoms with Crippen molar-refractivity contribution >= 4 is 0 Å². The molecule has 0 unspecified atom stereocenters. The van der Waals surface area contributed by atoms with Gasteiger partial charge in [-0.15, -0.1) is 0 Å². The number of hydrogen-bond acceptors (Lipinski definition) is 3. The third-order valence-electron chi connectivity index (χ3n) is 7.65. The molecule has 0 aromatic heterocycles. The molecule has 2 bridgehead atoms. The van der Waals surface area contributed by atoms with Gasteiger partial charge < -0.3 is 14.7 Å². The zero-order valence-electron chi connectivity index (χ0n) is 15.5. The molecule has 0 aromatic carbocycles. The van der Waals surface area contributed by atoms with Crippen LogP contribution in [0.25, 0.3) is 0 Å². The van der Waals surface area contributed by atoms with E-state index >= 15 is 0 Å². The Morgan fingerprint density at radius 1 is 1.13 bits per heavy atom. The molecule has 3 rings (SSSR count). The first-order valence-corrected chi connectivity index (χ1v) is 9.95. The SMILES string of the molecule is CC1(C)[C@H]2CC[C@@]1(C)[C@@H](OCC[C@H](O)CN1CCCCCC1)C2. The minimum absolute atomic E-state index is 0.229. The largest absolute Gasteiger partial charge is 0.392 e. The lowest BCUT2D eigenvalue weighted by atomic mass is 9.70. The minimum atomic E-state index is -0.229. The Morgan fingerprint density at radius 2 is 1.83 bits per heavy atom. The monoisotopic (exact) mass is 323 g/mol. The number of nitrogens with zero attached hydrogens (tertiary/aromatic N) is 1. The predicted octanol–water partition coefficient (Wildman–Crippen LogP) is 3.84. The molecule has 23 heavy (non-hydrogen) atoms. The second kappa shape index (κ2) is 7.01. The number of hydrogen-bond donors (Lipinski definition) is 1. The van der Waals surface area contributed by atoms with Crippen LogP contribution in [0.3, 0.4) is 0 Å². The highest BCUT2D eigenvalue weighted by Crippen LogP contribution is 2.66. The van der Waals surface area contributed by atoms with Gasteiger partial charge in [-0.3, -0.25) is 0 Å². The molecule has 3 fully saturated rings. The van der Waals surface area contributed by atoms with Crippen molar-refractivity contribution in [2.24, 2.45) is 16.7 Å². The van der Waals surface area contributed by atoms with Crippen LogP contribution in [0.2, 0.25) is 0 Å². The fourth-order valence-electron chi connectivity index (χ4n) is 5.44. The summed E-state index contributed by atoms with van der Waals surface area (Å²) in [7, 11) is 0. The molecule has 3 heteroatoms. The topological polar surface area (TPSA) is 32.7 Å². The lowest BCUT2D eigenvalue weighted by Crippen LogP contribution is -2.38. The van der Waals surface area contributed by atoms with Crippen LogP contribution in [-0.2, 0) is 4.74 Å². The van der Waals surface area contributed by atoms with Crippen molar-refractivity contribution in [3.8, 4) is 0 Å². The van der Waals surface area contributed by atoms with Gasteiger partial charge in [0.1, 0.15) is 0 Å². The summed E-state index contributed by atoms with van der Waals surface area (Å²) in [5.41, 5.74) is 0.760. The van der Waals surface area contributed by atoms with E-state index in [1.165, 1.54) is 44.9 Å². The van der Waals surface area contributed by atoms with E-state index in [-0.39, 0.29) is 6.10 Å². The molecule has 0 radical (unpaired) electrons. The summed E-state index contributed by atoms with van der Waals surface area (Å²) in [5.74, 6) is 0.833. The van der Waals surface area contributed by atoms with Gasteiger partial charge >= 0.3 is 0 Å². The quantitative estimate of drug-likeness (QED) is 0.806. The summed E-state index contributed by atoms with van der Waals surface area (Å²) in [6, 6.07) is 0. The second-order valence-electron chi connectivity index (χ2n) is 9.13. The van der Waals surface area contributed by atoms with E-state index in [0.29, 0.717) is 16.9 Å². The van der Waals surface area contributed by atoms with Crippen LogP contribution >= 0.6 is 0 Å². The molecule has 1 aliphatic heterocycles. The Labute approximate surface area is 142 Å². The number of aliphatic hydroxyl groups excluding tert-OH is 1. The molecule has 1 N–H and O–H groups in total. The third-order valence-corrected chi connectivity index (χ3v) is 7.65. The van der Waals surface area contributed by atoms with E-state index in [1.807, 2.05) is 0 Å². The van der Waals surface area contributed by atoms with Crippen molar-refractivity contribution in [1.29, 1.82) is 0 Å². The maximum absolute atomic E-state index is 10.3. The normalized spacial score (nSPS) is 38.6. The van der Waals surface area contributed by atoms with Crippen molar-refractivity contribution in [2.45, 2.75) is 84.3 Å². The first kappa shape index (κ1) is 17.7. The fourth-order valence-corrected chi connectivity index (χ4v) is 5.44. The lowest BCUT2D eigenvalue weighted by molar-refractivity contribution is -0.0563. The Balaban J connectivity index is 1.40. The number of fused-ring (bicyclic) bond motifs is 2. The molecular formula is C20H37NO2. The van der Waals surface area contributed by atoms with Crippen molar-refractivity contribution in [3.05, 3.63) is 0 Å². The molecule has 2 saturated carbocycles. The van der Waals surface area contributed by atoms with Crippen molar-refractivity contribution < 1.29 is 9.84 Å². The van der Waals surface area contributed by atoms with Crippen molar-refractivity contribution in [2.75, 3.05) is 26.2 Å². The van der Waals surface area contributed by atoms with Gasteiger partial charge in [-0.05, 0) is 68.4 Å². The van der Waals surface area contributed by atoms with Crippen LogP contribution in [0.15, 0.2) is 0 Å². The van der Waals surface area contributed by atoms with E-state index in [2.05, 4.69) is 25.7 Å². The smallest absolute Gasteiger partial charge is 0.0689 e. The second-order valence-corrected chi connectivity index (χ2v) is 9.13. The molecule has 1 heterocycles. The van der Waals surface area contributed by atoms with Gasteiger partial charge in [0.05, 0.1) is 12.2 Å². The molecule has 0 aromatic rings. The van der Waals surface area contributed by atoms with Crippen LogP contribution in [0, 0.1) is 16.7 Å². The lowest BCUT2D eigenvalue weighted by Gasteiger charge is -2.39. The molecule has 4 atom stereocenters. The van der Waals surface area contributed by atoms with Crippen LogP contribution in [0.5, 0.6) is 0 Å². The Morgan fingerprint density at radius 3 is 2.39 bits per heavy atom. The van der Waals surface area contributed by atoms with Crippen molar-refractivity contribution in [1.82, 2.24) is 4.90 Å². The fraction of sp³-hybridized carbons (Fsp3) is 1.00. The van der Waals surface area contributed by atoms with E-state index in [0.717, 1.165) is 38.6 Å². The van der Waals surface area contributed by atoms with Gasteiger partial charge in [0.15, 0.2) is 0 Å². The van der Waals surface area contributed by atoms with Crippen LogP contribution in [0.1, 0.15) is 72.1 Å². The zero-order valence-corrected chi connectivity index (χ0v) is 15.5. The highest BCUT2D eigenvalue weighted by Gasteiger charge is 2.61. The molecule has 134 valence electrons. The predicted molar refractivity (Wildman–Crippen MR) is 94.5 cm³/mol. The highest BCUT2D eigenvalue weighted by molar-refractivity contribution is 5.11. The van der Waals surface area contributed by atoms with Gasteiger partial charge in [0.2, 0.25) is 0 Å². The van der Waals surface area contributed by atoms with Gasteiger partial charge in [0, 0.05) is 13.2 Å². The number of β-amino-alcohol motifs (C(OH)–C–C–N with tert-alkyl or cyclic N) is 1. The van der Waals surface area contributed by atoms with Crippen LogP contribution in [-0.4, -0.2) is 48.5 Å². The Bertz CT molecular complexity index is 389. The molecule has 3 aliphatic rings. The number of rotatable bonds is 6. The van der Waals surface area contributed by atoms with Crippen LogP contribution < -0.4 is 0 Å². The molecule has 3 nitrogen and oxygen atoms in total. The minimum Gasteiger partial charge on any atom is -0.392 e. The van der Waals surface area contributed by atoms with Gasteiger partial charge in [-0.2, -0.15) is 0 Å². The summed E-state index contributed by atoms with van der Waals surface area (Å²) < 4.78 is 6.28. The van der Waals surface area contributed by atoms with Crippen molar-refractivity contribution in [3.63, 3.8) is 0 Å². The Hall–Kier alpha value is -0.120. The first-order valence-electron chi connectivity index (χ1n) is 9.95. The zero-order chi connectivity index (χ0) is 16.5. The van der Waals surface area contributed by atoms with Gasteiger partial charge in [0.25, 0.3) is 0 Å². The van der Waals surface area contributed by atoms with E-state index in [9.17, 15) is 5.11 Å². The molecule has 0 amide bonds. The summed E-state index contributed by atoms with van der Waals surface area (Å²) in [6.45, 7) is 11.2. The summed E-state index contributed by atoms with van der Waals surface area (Å²) in [5, 5.41) is 10.3. The van der Waals surface area contributed by atoms with Gasteiger partial charge in [-0.1, -0.05) is 33.6 Å². The number of ether oxygens (including phenoxy) is 1. The van der Waals surface area contributed by atoms with E-state index in [4.69, 9.17) is 4.74 Å². The van der Waals surface area contributed by atoms with Gasteiger partial charge in [-0.25, -0.2) is 0 Å². The third kappa shape index (κ3) is 3.48. The maximum Gasteiger partial charge on any atom is 0.0689 e.